The number of benzene rings is 1. The van der Waals surface area contributed by atoms with Gasteiger partial charge in [-0.15, -0.1) is 0 Å². The molecule has 1 aliphatic heterocycles. The Morgan fingerprint density at radius 1 is 1.11 bits per heavy atom. The third-order valence-corrected chi connectivity index (χ3v) is 4.99. The minimum atomic E-state index is -0.590. The fraction of sp³-hybridized carbons (Fsp3) is 0.421. The zero-order valence-corrected chi connectivity index (χ0v) is 15.9. The van der Waals surface area contributed by atoms with E-state index >= 15 is 0 Å². The van der Waals surface area contributed by atoms with Gasteiger partial charge in [-0.25, -0.2) is 4.68 Å². The highest BCUT2D eigenvalue weighted by Crippen LogP contribution is 2.17. The molecule has 9 nitrogen and oxygen atoms in total. The zero-order valence-electron chi connectivity index (χ0n) is 15.9. The molecule has 3 rings (SSSR count). The van der Waals surface area contributed by atoms with Crippen LogP contribution >= 0.6 is 0 Å². The number of nitrogens with zero attached hydrogens (tertiary/aromatic N) is 3. The van der Waals surface area contributed by atoms with Crippen molar-refractivity contribution < 1.29 is 14.4 Å². The second kappa shape index (κ2) is 8.20. The molecular weight excluding hydrogens is 362 g/mol. The van der Waals surface area contributed by atoms with Gasteiger partial charge in [0.05, 0.1) is 5.39 Å². The SMILES string of the molecule is CCn1nc(C(=O)NNC(=O)C2CCN(C(C)=O)CC2)c2ccccc2c1=O. The number of aromatic nitrogens is 2. The van der Waals surface area contributed by atoms with Gasteiger partial charge in [0.1, 0.15) is 0 Å². The second-order valence-electron chi connectivity index (χ2n) is 6.74. The molecule has 2 heterocycles. The molecule has 148 valence electrons. The Morgan fingerprint density at radius 2 is 1.75 bits per heavy atom. The summed E-state index contributed by atoms with van der Waals surface area (Å²) in [5.74, 6) is -1.17. The lowest BCUT2D eigenvalue weighted by Gasteiger charge is -2.30. The monoisotopic (exact) mass is 385 g/mol. The van der Waals surface area contributed by atoms with Crippen molar-refractivity contribution in [2.75, 3.05) is 13.1 Å². The summed E-state index contributed by atoms with van der Waals surface area (Å²) in [7, 11) is 0. The highest BCUT2D eigenvalue weighted by atomic mass is 16.2. The van der Waals surface area contributed by atoms with Gasteiger partial charge >= 0.3 is 0 Å². The summed E-state index contributed by atoms with van der Waals surface area (Å²) >= 11 is 0. The van der Waals surface area contributed by atoms with Gasteiger partial charge in [0.15, 0.2) is 5.69 Å². The van der Waals surface area contributed by atoms with E-state index in [1.807, 2.05) is 0 Å². The van der Waals surface area contributed by atoms with Crippen molar-refractivity contribution in [2.45, 2.75) is 33.2 Å². The van der Waals surface area contributed by atoms with Crippen LogP contribution in [0.5, 0.6) is 0 Å². The van der Waals surface area contributed by atoms with Crippen LogP contribution in [-0.4, -0.2) is 45.5 Å². The van der Waals surface area contributed by atoms with Crippen molar-refractivity contribution in [3.05, 3.63) is 40.3 Å². The molecule has 1 aromatic heterocycles. The molecule has 0 bridgehead atoms. The van der Waals surface area contributed by atoms with Crippen molar-refractivity contribution in [1.29, 1.82) is 0 Å². The molecule has 1 aromatic carbocycles. The van der Waals surface area contributed by atoms with Crippen LogP contribution in [0.2, 0.25) is 0 Å². The van der Waals surface area contributed by atoms with E-state index in [1.165, 1.54) is 11.6 Å². The molecule has 28 heavy (non-hydrogen) atoms. The van der Waals surface area contributed by atoms with Crippen molar-refractivity contribution in [2.24, 2.45) is 5.92 Å². The van der Waals surface area contributed by atoms with Crippen LogP contribution in [0.15, 0.2) is 29.1 Å². The Labute approximate surface area is 161 Å². The normalized spacial score (nSPS) is 14.7. The summed E-state index contributed by atoms with van der Waals surface area (Å²) in [5.41, 5.74) is 4.64. The van der Waals surface area contributed by atoms with E-state index in [1.54, 1.807) is 36.1 Å². The van der Waals surface area contributed by atoms with Crippen molar-refractivity contribution in [3.63, 3.8) is 0 Å². The standard InChI is InChI=1S/C19H23N5O4/c1-3-24-19(28)15-7-5-4-6-14(15)16(22-24)18(27)21-20-17(26)13-8-10-23(11-9-13)12(2)25/h4-7,13H,3,8-11H2,1-2H3,(H,20,26)(H,21,27). The minimum Gasteiger partial charge on any atom is -0.343 e. The molecule has 9 heteroatoms. The van der Waals surface area contributed by atoms with Gasteiger partial charge in [0.25, 0.3) is 11.5 Å². The number of rotatable bonds is 3. The summed E-state index contributed by atoms with van der Waals surface area (Å²) in [5, 5.41) is 4.96. The first-order chi connectivity index (χ1) is 13.4. The van der Waals surface area contributed by atoms with Gasteiger partial charge in [0.2, 0.25) is 11.8 Å². The van der Waals surface area contributed by atoms with E-state index < -0.39 is 5.91 Å². The van der Waals surface area contributed by atoms with Gasteiger partial charge in [-0.1, -0.05) is 18.2 Å². The first-order valence-electron chi connectivity index (χ1n) is 9.28. The number of carbonyl (C=O) groups is 3. The van der Waals surface area contributed by atoms with E-state index in [9.17, 15) is 19.2 Å². The lowest BCUT2D eigenvalue weighted by atomic mass is 9.96. The van der Waals surface area contributed by atoms with Gasteiger partial charge < -0.3 is 4.90 Å². The minimum absolute atomic E-state index is 0.00355. The molecule has 0 unspecified atom stereocenters. The van der Waals surface area contributed by atoms with E-state index in [0.717, 1.165) is 0 Å². The quantitative estimate of drug-likeness (QED) is 0.744. The number of likely N-dealkylation sites (tertiary alicyclic amines) is 1. The lowest BCUT2D eigenvalue weighted by Crippen LogP contribution is -2.48. The number of fused-ring (bicyclic) bond motifs is 1. The lowest BCUT2D eigenvalue weighted by molar-refractivity contribution is -0.134. The molecule has 0 saturated carbocycles. The third-order valence-electron chi connectivity index (χ3n) is 4.99. The van der Waals surface area contributed by atoms with E-state index in [2.05, 4.69) is 16.0 Å². The first-order valence-corrected chi connectivity index (χ1v) is 9.28. The van der Waals surface area contributed by atoms with Crippen LogP contribution in [0.25, 0.3) is 10.8 Å². The summed E-state index contributed by atoms with van der Waals surface area (Å²) in [6.07, 6.45) is 1.09. The van der Waals surface area contributed by atoms with Crippen LogP contribution in [0.3, 0.4) is 0 Å². The van der Waals surface area contributed by atoms with E-state index in [4.69, 9.17) is 0 Å². The van der Waals surface area contributed by atoms with Crippen LogP contribution < -0.4 is 16.4 Å². The molecule has 0 aliphatic carbocycles. The highest BCUT2D eigenvalue weighted by Gasteiger charge is 2.26. The zero-order chi connectivity index (χ0) is 20.3. The highest BCUT2D eigenvalue weighted by molar-refractivity contribution is 6.05. The molecule has 0 atom stereocenters. The van der Waals surface area contributed by atoms with Crippen molar-refractivity contribution >= 4 is 28.5 Å². The summed E-state index contributed by atoms with van der Waals surface area (Å²) in [6.45, 7) is 4.64. The van der Waals surface area contributed by atoms with Crippen LogP contribution in [0, 0.1) is 5.92 Å². The van der Waals surface area contributed by atoms with Crippen LogP contribution in [0.4, 0.5) is 0 Å². The Kier molecular flexibility index (Phi) is 5.72. The number of aryl methyl sites for hydroxylation is 1. The Bertz CT molecular complexity index is 976. The average Bonchev–Trinajstić information content (AvgIpc) is 2.72. The third kappa shape index (κ3) is 3.88. The molecular formula is C19H23N5O4. The maximum atomic E-state index is 12.6. The number of hydrogen-bond donors (Lipinski definition) is 2. The Hall–Kier alpha value is -3.23. The van der Waals surface area contributed by atoms with Gasteiger partial charge in [-0.05, 0) is 25.8 Å². The number of hydrazine groups is 1. The fourth-order valence-corrected chi connectivity index (χ4v) is 3.35. The average molecular weight is 385 g/mol. The number of hydrogen-bond acceptors (Lipinski definition) is 5. The maximum Gasteiger partial charge on any atom is 0.290 e. The molecule has 1 saturated heterocycles. The van der Waals surface area contributed by atoms with Gasteiger partial charge in [0, 0.05) is 37.9 Å². The topological polar surface area (TPSA) is 113 Å². The van der Waals surface area contributed by atoms with Gasteiger partial charge in [-0.2, -0.15) is 5.10 Å². The van der Waals surface area contributed by atoms with Crippen molar-refractivity contribution in [3.8, 4) is 0 Å². The molecule has 2 aromatic rings. The van der Waals surface area contributed by atoms with Crippen molar-refractivity contribution in [1.82, 2.24) is 25.5 Å². The smallest absolute Gasteiger partial charge is 0.290 e. The number of piperidine rings is 1. The molecule has 0 spiro atoms. The predicted octanol–water partition coefficient (Wildman–Crippen LogP) is 0.436. The number of amides is 3. The molecule has 0 radical (unpaired) electrons. The maximum absolute atomic E-state index is 12.6. The Balaban J connectivity index is 1.70. The second-order valence-corrected chi connectivity index (χ2v) is 6.74. The fourth-order valence-electron chi connectivity index (χ4n) is 3.35. The molecule has 3 amide bonds. The summed E-state index contributed by atoms with van der Waals surface area (Å²) in [6, 6.07) is 6.74. The molecule has 1 aliphatic rings. The van der Waals surface area contributed by atoms with Gasteiger partial charge in [-0.3, -0.25) is 30.0 Å². The number of nitrogens with one attached hydrogen (secondary N) is 2. The number of carbonyl (C=O) groups excluding carboxylic acids is 3. The van der Waals surface area contributed by atoms with Crippen LogP contribution in [-0.2, 0) is 16.1 Å². The van der Waals surface area contributed by atoms with Crippen LogP contribution in [0.1, 0.15) is 37.2 Å². The predicted molar refractivity (Wildman–Crippen MR) is 102 cm³/mol. The summed E-state index contributed by atoms with van der Waals surface area (Å²) in [4.78, 5) is 50.4. The first kappa shape index (κ1) is 19.5. The Morgan fingerprint density at radius 3 is 2.36 bits per heavy atom. The van der Waals surface area contributed by atoms with E-state index in [-0.39, 0.29) is 29.0 Å². The largest absolute Gasteiger partial charge is 0.343 e. The molecule has 2 N–H and O–H groups in total. The summed E-state index contributed by atoms with van der Waals surface area (Å²) < 4.78 is 1.22. The molecule has 1 fully saturated rings. The van der Waals surface area contributed by atoms with E-state index in [0.29, 0.717) is 43.2 Å².